The van der Waals surface area contributed by atoms with E-state index in [1.54, 1.807) is 11.3 Å². The van der Waals surface area contributed by atoms with Gasteiger partial charge in [-0.25, -0.2) is 4.98 Å². The van der Waals surface area contributed by atoms with Crippen molar-refractivity contribution in [3.63, 3.8) is 0 Å². The van der Waals surface area contributed by atoms with Crippen molar-refractivity contribution in [3.8, 4) is 0 Å². The molecule has 1 N–H and O–H groups in total. The summed E-state index contributed by atoms with van der Waals surface area (Å²) in [4.78, 5) is 4.61. The Labute approximate surface area is 106 Å². The summed E-state index contributed by atoms with van der Waals surface area (Å²) in [6.07, 6.45) is 4.17. The zero-order chi connectivity index (χ0) is 11.7. The summed E-state index contributed by atoms with van der Waals surface area (Å²) in [6.45, 7) is 3.46. The van der Waals surface area contributed by atoms with E-state index in [2.05, 4.69) is 35.4 Å². The second-order valence-corrected chi connectivity index (χ2v) is 6.07. The van der Waals surface area contributed by atoms with Crippen LogP contribution in [0.3, 0.4) is 0 Å². The highest BCUT2D eigenvalue weighted by molar-refractivity contribution is 7.22. The minimum absolute atomic E-state index is 0.835. The molecule has 1 aromatic heterocycles. The first kappa shape index (κ1) is 11.0. The van der Waals surface area contributed by atoms with Gasteiger partial charge in [0, 0.05) is 6.54 Å². The van der Waals surface area contributed by atoms with Crippen molar-refractivity contribution < 1.29 is 0 Å². The van der Waals surface area contributed by atoms with Crippen LogP contribution in [-0.2, 0) is 0 Å². The van der Waals surface area contributed by atoms with Crippen LogP contribution in [0.2, 0.25) is 0 Å². The van der Waals surface area contributed by atoms with Gasteiger partial charge in [-0.1, -0.05) is 43.2 Å². The van der Waals surface area contributed by atoms with Crippen molar-refractivity contribution >= 4 is 26.7 Å². The van der Waals surface area contributed by atoms with Crippen molar-refractivity contribution in [2.75, 3.05) is 11.9 Å². The maximum atomic E-state index is 4.61. The van der Waals surface area contributed by atoms with E-state index in [-0.39, 0.29) is 0 Å². The van der Waals surface area contributed by atoms with Crippen molar-refractivity contribution in [1.82, 2.24) is 4.98 Å². The molecule has 1 fully saturated rings. The minimum atomic E-state index is 0.835. The van der Waals surface area contributed by atoms with Gasteiger partial charge in [-0.15, -0.1) is 0 Å². The van der Waals surface area contributed by atoms with Crippen molar-refractivity contribution in [3.05, 3.63) is 24.3 Å². The molecule has 0 bridgehead atoms. The molecule has 0 aliphatic heterocycles. The standard InChI is InChI=1S/C14H18N2S/c1-10-5-4-6-11(10)9-15-14-16-12-7-2-3-8-13(12)17-14/h2-3,7-8,10-11H,4-6,9H2,1H3,(H,15,16). The number of hydrogen-bond donors (Lipinski definition) is 1. The second kappa shape index (κ2) is 4.65. The Balaban J connectivity index is 1.68. The average molecular weight is 246 g/mol. The van der Waals surface area contributed by atoms with E-state index >= 15 is 0 Å². The molecule has 90 valence electrons. The Morgan fingerprint density at radius 2 is 2.24 bits per heavy atom. The molecule has 2 unspecified atom stereocenters. The van der Waals surface area contributed by atoms with Crippen LogP contribution >= 0.6 is 11.3 Å². The number of nitrogens with one attached hydrogen (secondary N) is 1. The molecule has 3 heteroatoms. The lowest BCUT2D eigenvalue weighted by Gasteiger charge is -2.14. The normalized spacial score (nSPS) is 24.3. The summed E-state index contributed by atoms with van der Waals surface area (Å²) in [5, 5.41) is 4.59. The van der Waals surface area contributed by atoms with Crippen LogP contribution in [0.5, 0.6) is 0 Å². The van der Waals surface area contributed by atoms with Crippen molar-refractivity contribution in [2.45, 2.75) is 26.2 Å². The fraction of sp³-hybridized carbons (Fsp3) is 0.500. The number of fused-ring (bicyclic) bond motifs is 1. The van der Waals surface area contributed by atoms with E-state index in [9.17, 15) is 0 Å². The highest BCUT2D eigenvalue weighted by Gasteiger charge is 2.23. The maximum Gasteiger partial charge on any atom is 0.183 e. The first-order valence-electron chi connectivity index (χ1n) is 6.42. The largest absolute Gasteiger partial charge is 0.361 e. The molecule has 3 rings (SSSR count). The molecule has 0 radical (unpaired) electrons. The third kappa shape index (κ3) is 2.29. The highest BCUT2D eigenvalue weighted by Crippen LogP contribution is 2.32. The summed E-state index contributed by atoms with van der Waals surface area (Å²) in [5.41, 5.74) is 1.11. The molecule has 2 aromatic rings. The van der Waals surface area contributed by atoms with Gasteiger partial charge in [-0.05, 0) is 30.4 Å². The lowest BCUT2D eigenvalue weighted by molar-refractivity contribution is 0.439. The van der Waals surface area contributed by atoms with Crippen LogP contribution in [-0.4, -0.2) is 11.5 Å². The van der Waals surface area contributed by atoms with E-state index in [0.717, 1.165) is 29.0 Å². The Morgan fingerprint density at radius 3 is 3.00 bits per heavy atom. The molecule has 2 nitrogen and oxygen atoms in total. The van der Waals surface area contributed by atoms with Crippen LogP contribution in [0.15, 0.2) is 24.3 Å². The quantitative estimate of drug-likeness (QED) is 0.880. The monoisotopic (exact) mass is 246 g/mol. The molecule has 1 saturated carbocycles. The minimum Gasteiger partial charge on any atom is -0.361 e. The number of para-hydroxylation sites is 1. The van der Waals surface area contributed by atoms with E-state index in [0.29, 0.717) is 0 Å². The number of anilines is 1. The molecule has 1 aliphatic rings. The van der Waals surface area contributed by atoms with E-state index < -0.39 is 0 Å². The predicted molar refractivity (Wildman–Crippen MR) is 74.6 cm³/mol. The number of aromatic nitrogens is 1. The zero-order valence-corrected chi connectivity index (χ0v) is 11.0. The van der Waals surface area contributed by atoms with Crippen molar-refractivity contribution in [2.24, 2.45) is 11.8 Å². The molecule has 0 amide bonds. The molecule has 1 aromatic carbocycles. The van der Waals surface area contributed by atoms with Crippen LogP contribution in [0.1, 0.15) is 26.2 Å². The van der Waals surface area contributed by atoms with Gasteiger partial charge < -0.3 is 5.32 Å². The Kier molecular flexibility index (Phi) is 3.02. The second-order valence-electron chi connectivity index (χ2n) is 5.04. The summed E-state index contributed by atoms with van der Waals surface area (Å²) >= 11 is 1.76. The highest BCUT2D eigenvalue weighted by atomic mass is 32.1. The SMILES string of the molecule is CC1CCCC1CNc1nc2ccccc2s1. The molecule has 17 heavy (non-hydrogen) atoms. The molecule has 1 heterocycles. The molecular formula is C14H18N2S. The Bertz CT molecular complexity index is 473. The number of benzene rings is 1. The summed E-state index contributed by atoms with van der Waals surface area (Å²) in [6, 6.07) is 8.33. The first-order chi connectivity index (χ1) is 8.33. The zero-order valence-electron chi connectivity index (χ0n) is 10.1. The predicted octanol–water partition coefficient (Wildman–Crippen LogP) is 4.14. The van der Waals surface area contributed by atoms with Gasteiger partial charge >= 0.3 is 0 Å². The number of nitrogens with zero attached hydrogens (tertiary/aromatic N) is 1. The number of thiazole rings is 1. The van der Waals surface area contributed by atoms with Gasteiger partial charge in [0.2, 0.25) is 0 Å². The van der Waals surface area contributed by atoms with Gasteiger partial charge in [0.25, 0.3) is 0 Å². The smallest absolute Gasteiger partial charge is 0.183 e. The topological polar surface area (TPSA) is 24.9 Å². The third-order valence-corrected chi connectivity index (χ3v) is 4.84. The van der Waals surface area contributed by atoms with E-state index in [1.165, 1.54) is 24.0 Å². The van der Waals surface area contributed by atoms with Crippen LogP contribution < -0.4 is 5.32 Å². The van der Waals surface area contributed by atoms with Gasteiger partial charge in [0.05, 0.1) is 10.2 Å². The summed E-state index contributed by atoms with van der Waals surface area (Å²) < 4.78 is 1.27. The fourth-order valence-corrected chi connectivity index (χ4v) is 3.56. The van der Waals surface area contributed by atoms with E-state index in [4.69, 9.17) is 0 Å². The van der Waals surface area contributed by atoms with Crippen LogP contribution in [0, 0.1) is 11.8 Å². The summed E-state index contributed by atoms with van der Waals surface area (Å²) in [7, 11) is 0. The van der Waals surface area contributed by atoms with E-state index in [1.807, 2.05) is 6.07 Å². The van der Waals surface area contributed by atoms with Gasteiger partial charge in [-0.2, -0.15) is 0 Å². The average Bonchev–Trinajstić information content (AvgIpc) is 2.92. The van der Waals surface area contributed by atoms with Gasteiger partial charge in [0.15, 0.2) is 5.13 Å². The molecule has 0 saturated heterocycles. The lowest BCUT2D eigenvalue weighted by atomic mass is 9.98. The first-order valence-corrected chi connectivity index (χ1v) is 7.24. The number of rotatable bonds is 3. The fourth-order valence-electron chi connectivity index (χ4n) is 2.69. The van der Waals surface area contributed by atoms with Crippen molar-refractivity contribution in [1.29, 1.82) is 0 Å². The Hall–Kier alpha value is -1.09. The Morgan fingerprint density at radius 1 is 1.35 bits per heavy atom. The van der Waals surface area contributed by atoms with Gasteiger partial charge in [-0.3, -0.25) is 0 Å². The van der Waals surface area contributed by atoms with Crippen LogP contribution in [0.4, 0.5) is 5.13 Å². The molecule has 0 spiro atoms. The number of hydrogen-bond acceptors (Lipinski definition) is 3. The molecular weight excluding hydrogens is 228 g/mol. The maximum absolute atomic E-state index is 4.61. The molecule has 1 aliphatic carbocycles. The summed E-state index contributed by atoms with van der Waals surface area (Å²) in [5.74, 6) is 1.71. The van der Waals surface area contributed by atoms with Gasteiger partial charge in [0.1, 0.15) is 0 Å². The molecule has 2 atom stereocenters. The lowest BCUT2D eigenvalue weighted by Crippen LogP contribution is -2.16. The third-order valence-electron chi connectivity index (χ3n) is 3.85. The van der Waals surface area contributed by atoms with Crippen LogP contribution in [0.25, 0.3) is 10.2 Å².